The fourth-order valence-electron chi connectivity index (χ4n) is 9.47. The van der Waals surface area contributed by atoms with Crippen LogP contribution in [0.4, 0.5) is 0 Å². The smallest absolute Gasteiger partial charge is 0.330 e. The Morgan fingerprint density at radius 1 is 1.00 bits per heavy atom. The maximum Gasteiger partial charge on any atom is 0.330 e. The van der Waals surface area contributed by atoms with E-state index in [-0.39, 0.29) is 64.2 Å². The molecule has 0 aromatic carbocycles. The van der Waals surface area contributed by atoms with Crippen molar-refractivity contribution >= 4 is 17.9 Å². The largest absolute Gasteiger partial charge is 0.478 e. The molecular formula is C34H50O7. The SMILES string of the molecule is CC(=O)O[C@H]1CC([C@H](C)[C@@H](O)C/C=C(\C)C(=O)O)[C@@]2(C)CC=C3C(=CCC4C(C)(C)[C@H](OC(C)=O)CC[C@]34C)[C@]12C. The molecule has 2 N–H and O–H groups in total. The monoisotopic (exact) mass is 570 g/mol. The molecule has 4 aliphatic rings. The summed E-state index contributed by atoms with van der Waals surface area (Å²) in [5.41, 5.74) is 1.82. The Kier molecular flexibility index (Phi) is 8.22. The summed E-state index contributed by atoms with van der Waals surface area (Å²) in [6.45, 7) is 17.9. The van der Waals surface area contributed by atoms with E-state index in [0.717, 1.165) is 25.7 Å². The maximum absolute atomic E-state index is 12.4. The highest BCUT2D eigenvalue weighted by molar-refractivity contribution is 5.85. The molecule has 2 fully saturated rings. The molecule has 41 heavy (non-hydrogen) atoms. The number of allylic oxidation sites excluding steroid dienone is 3. The first-order valence-corrected chi connectivity index (χ1v) is 15.3. The lowest BCUT2D eigenvalue weighted by atomic mass is 9.44. The lowest BCUT2D eigenvalue weighted by Crippen LogP contribution is -2.56. The fourth-order valence-corrected chi connectivity index (χ4v) is 9.47. The summed E-state index contributed by atoms with van der Waals surface area (Å²) in [4.78, 5) is 35.6. The van der Waals surface area contributed by atoms with Gasteiger partial charge in [0.2, 0.25) is 0 Å². The summed E-state index contributed by atoms with van der Waals surface area (Å²) in [5.74, 6) is -1.28. The van der Waals surface area contributed by atoms with E-state index >= 15 is 0 Å². The van der Waals surface area contributed by atoms with Gasteiger partial charge in [-0.05, 0) is 85.2 Å². The summed E-state index contributed by atoms with van der Waals surface area (Å²) in [5, 5.41) is 20.5. The summed E-state index contributed by atoms with van der Waals surface area (Å²) in [6, 6.07) is 0. The van der Waals surface area contributed by atoms with Gasteiger partial charge in [-0.2, -0.15) is 0 Å². The third-order valence-corrected chi connectivity index (χ3v) is 12.2. The summed E-state index contributed by atoms with van der Waals surface area (Å²) in [7, 11) is 0. The summed E-state index contributed by atoms with van der Waals surface area (Å²) >= 11 is 0. The van der Waals surface area contributed by atoms with Gasteiger partial charge in [0, 0.05) is 30.3 Å². The lowest BCUT2D eigenvalue weighted by molar-refractivity contribution is -0.166. The molecule has 228 valence electrons. The van der Waals surface area contributed by atoms with E-state index in [0.29, 0.717) is 12.3 Å². The van der Waals surface area contributed by atoms with Crippen LogP contribution in [0.5, 0.6) is 0 Å². The molecule has 0 amide bonds. The minimum atomic E-state index is -0.980. The Bertz CT molecular complexity index is 1190. The number of carboxylic acid groups (broad SMARTS) is 1. The Morgan fingerprint density at radius 3 is 2.20 bits per heavy atom. The van der Waals surface area contributed by atoms with Gasteiger partial charge in [0.05, 0.1) is 6.10 Å². The molecule has 2 unspecified atom stereocenters. The van der Waals surface area contributed by atoms with E-state index in [2.05, 4.69) is 46.8 Å². The second-order valence-electron chi connectivity index (χ2n) is 14.5. The van der Waals surface area contributed by atoms with Crippen LogP contribution >= 0.6 is 0 Å². The van der Waals surface area contributed by atoms with Gasteiger partial charge in [-0.25, -0.2) is 4.79 Å². The molecule has 9 atom stereocenters. The molecule has 0 aliphatic heterocycles. The number of carboxylic acids is 1. The van der Waals surface area contributed by atoms with Crippen LogP contribution in [0.25, 0.3) is 0 Å². The van der Waals surface area contributed by atoms with Crippen LogP contribution < -0.4 is 0 Å². The third-order valence-electron chi connectivity index (χ3n) is 12.2. The predicted octanol–water partition coefficient (Wildman–Crippen LogP) is 6.40. The highest BCUT2D eigenvalue weighted by Crippen LogP contribution is 2.72. The normalized spacial score (nSPS) is 39.2. The number of hydrogen-bond acceptors (Lipinski definition) is 6. The van der Waals surface area contributed by atoms with Crippen LogP contribution in [0.3, 0.4) is 0 Å². The first kappa shape index (κ1) is 31.5. The Hall–Kier alpha value is -2.41. The zero-order valence-electron chi connectivity index (χ0n) is 26.4. The van der Waals surface area contributed by atoms with Gasteiger partial charge in [-0.3, -0.25) is 9.59 Å². The molecule has 0 spiro atoms. The Labute approximate surface area is 245 Å². The zero-order chi connectivity index (χ0) is 30.7. The van der Waals surface area contributed by atoms with E-state index in [4.69, 9.17) is 9.47 Å². The number of hydrogen-bond donors (Lipinski definition) is 2. The van der Waals surface area contributed by atoms with Crippen molar-refractivity contribution < 1.29 is 34.1 Å². The van der Waals surface area contributed by atoms with Crippen LogP contribution in [-0.2, 0) is 23.9 Å². The molecule has 0 heterocycles. The van der Waals surface area contributed by atoms with Gasteiger partial charge >= 0.3 is 17.9 Å². The number of aliphatic hydroxyl groups excluding tert-OH is 1. The van der Waals surface area contributed by atoms with Crippen molar-refractivity contribution in [2.45, 2.75) is 119 Å². The van der Waals surface area contributed by atoms with Crippen molar-refractivity contribution in [1.29, 1.82) is 0 Å². The molecule has 2 saturated carbocycles. The Balaban J connectivity index is 1.74. The average Bonchev–Trinajstić information content (AvgIpc) is 3.10. The topological polar surface area (TPSA) is 110 Å². The minimum Gasteiger partial charge on any atom is -0.478 e. The standard InChI is InChI=1S/C34H50O7/c1-19(30(38)39)10-12-26(37)20(2)25-18-29(41-22(4)36)34(9)24-11-13-27-31(5,6)28(40-21(3)35)15-16-32(27,7)23(24)14-17-33(25,34)8/h10-11,14,20,25-29,37H,12-13,15-18H2,1-9H3,(H,38,39)/b19-10+/t20-,25?,26-,27?,28+,29-,32+,33+,34+/m0/s1. The van der Waals surface area contributed by atoms with Gasteiger partial charge in [-0.15, -0.1) is 0 Å². The highest BCUT2D eigenvalue weighted by Gasteiger charge is 2.68. The van der Waals surface area contributed by atoms with Crippen molar-refractivity contribution in [2.24, 2.45) is 39.4 Å². The second kappa shape index (κ2) is 10.7. The van der Waals surface area contributed by atoms with Gasteiger partial charge in [0.25, 0.3) is 0 Å². The van der Waals surface area contributed by atoms with E-state index in [1.165, 1.54) is 25.0 Å². The number of fused-ring (bicyclic) bond motifs is 5. The van der Waals surface area contributed by atoms with Gasteiger partial charge in [0.1, 0.15) is 12.2 Å². The minimum absolute atomic E-state index is 0.0609. The average molecular weight is 571 g/mol. The molecule has 4 aliphatic carbocycles. The van der Waals surface area contributed by atoms with Crippen molar-refractivity contribution in [3.8, 4) is 0 Å². The molecule has 0 bridgehead atoms. The summed E-state index contributed by atoms with van der Waals surface area (Å²) < 4.78 is 11.9. The quantitative estimate of drug-likeness (QED) is 0.269. The van der Waals surface area contributed by atoms with Crippen LogP contribution in [0, 0.1) is 39.4 Å². The van der Waals surface area contributed by atoms with Crippen molar-refractivity contribution in [1.82, 2.24) is 0 Å². The van der Waals surface area contributed by atoms with Crippen LogP contribution in [-0.4, -0.2) is 46.4 Å². The van der Waals surface area contributed by atoms with E-state index < -0.39 is 17.5 Å². The summed E-state index contributed by atoms with van der Waals surface area (Å²) in [6.07, 6.45) is 9.51. The molecule has 4 rings (SSSR count). The fraction of sp³-hybridized carbons (Fsp3) is 0.735. The second-order valence-corrected chi connectivity index (χ2v) is 14.5. The number of carbonyl (C=O) groups is 3. The number of aliphatic hydroxyl groups is 1. The van der Waals surface area contributed by atoms with Gasteiger partial charge < -0.3 is 19.7 Å². The molecule has 0 aromatic rings. The third kappa shape index (κ3) is 4.90. The van der Waals surface area contributed by atoms with Crippen molar-refractivity contribution in [2.75, 3.05) is 0 Å². The van der Waals surface area contributed by atoms with Crippen LogP contribution in [0.15, 0.2) is 34.9 Å². The number of esters is 2. The molecule has 7 nitrogen and oxygen atoms in total. The highest BCUT2D eigenvalue weighted by atomic mass is 16.5. The van der Waals surface area contributed by atoms with Gasteiger partial charge in [-0.1, -0.05) is 59.8 Å². The van der Waals surface area contributed by atoms with Crippen molar-refractivity contribution in [3.63, 3.8) is 0 Å². The van der Waals surface area contributed by atoms with Crippen molar-refractivity contribution in [3.05, 3.63) is 34.9 Å². The van der Waals surface area contributed by atoms with Crippen LogP contribution in [0.1, 0.15) is 101 Å². The first-order valence-electron chi connectivity index (χ1n) is 15.3. The maximum atomic E-state index is 12.4. The number of carbonyl (C=O) groups excluding carboxylic acids is 2. The first-order chi connectivity index (χ1) is 18.9. The molecule has 7 heteroatoms. The van der Waals surface area contributed by atoms with E-state index in [9.17, 15) is 24.6 Å². The number of ether oxygens (including phenoxy) is 2. The molecule has 0 radical (unpaired) electrons. The van der Waals surface area contributed by atoms with E-state index in [1.54, 1.807) is 13.0 Å². The molecule has 0 saturated heterocycles. The molecule has 0 aromatic heterocycles. The predicted molar refractivity (Wildman–Crippen MR) is 157 cm³/mol. The lowest BCUT2D eigenvalue weighted by Gasteiger charge is -2.61. The van der Waals surface area contributed by atoms with Crippen LogP contribution in [0.2, 0.25) is 0 Å². The molecular weight excluding hydrogens is 520 g/mol. The van der Waals surface area contributed by atoms with E-state index in [1.807, 2.05) is 6.92 Å². The zero-order valence-corrected chi connectivity index (χ0v) is 26.4. The number of rotatable bonds is 7. The number of aliphatic carboxylic acids is 1. The Morgan fingerprint density at radius 2 is 1.61 bits per heavy atom. The van der Waals surface area contributed by atoms with Gasteiger partial charge in [0.15, 0.2) is 0 Å².